The zero-order valence-corrected chi connectivity index (χ0v) is 8.36. The Morgan fingerprint density at radius 1 is 1.40 bits per heavy atom. The quantitative estimate of drug-likeness (QED) is 0.172. The summed E-state index contributed by atoms with van der Waals surface area (Å²) in [7, 11) is 0. The molecule has 0 aliphatic carbocycles. The number of nitrogens with zero attached hydrogens (tertiary/aromatic N) is 1. The number of nitrogens with two attached hydrogens (primary N) is 2. The van der Waals surface area contributed by atoms with E-state index in [1.165, 1.54) is 6.07 Å². The zero-order chi connectivity index (χ0) is 11.6. The molecule has 6 N–H and O–H groups in total. The van der Waals surface area contributed by atoms with Gasteiger partial charge in [0, 0.05) is 0 Å². The number of phenolic OH excluding ortho intramolecular Hbond substituents is 2. The third-order valence-electron chi connectivity index (χ3n) is 1.67. The zero-order valence-electron chi connectivity index (χ0n) is 7.54. The van der Waals surface area contributed by atoms with E-state index in [1.54, 1.807) is 0 Å². The number of hydrazine groups is 1. The van der Waals surface area contributed by atoms with Gasteiger partial charge in [0.25, 0.3) is 5.91 Å². The number of phenols is 2. The molecule has 1 aromatic rings. The lowest BCUT2D eigenvalue weighted by molar-refractivity contribution is 0.0845. The topological polar surface area (TPSA) is 113 Å². The molecule has 0 radical (unpaired) electrons. The van der Waals surface area contributed by atoms with Crippen LogP contribution >= 0.6 is 12.2 Å². The number of thiocarbonyl (C=S) groups is 1. The van der Waals surface area contributed by atoms with Crippen molar-refractivity contribution in [1.82, 2.24) is 5.01 Å². The molecule has 15 heavy (non-hydrogen) atoms. The second-order valence-corrected chi connectivity index (χ2v) is 3.13. The average molecular weight is 227 g/mol. The Morgan fingerprint density at radius 3 is 2.53 bits per heavy atom. The molecule has 0 fully saturated rings. The van der Waals surface area contributed by atoms with E-state index in [2.05, 4.69) is 12.2 Å². The van der Waals surface area contributed by atoms with E-state index in [0.717, 1.165) is 12.1 Å². The van der Waals surface area contributed by atoms with Gasteiger partial charge in [0.05, 0.1) is 5.56 Å². The lowest BCUT2D eigenvalue weighted by atomic mass is 10.2. The molecule has 6 nitrogen and oxygen atoms in total. The van der Waals surface area contributed by atoms with E-state index in [1.807, 2.05) is 0 Å². The van der Waals surface area contributed by atoms with Crippen molar-refractivity contribution in [3.8, 4) is 11.5 Å². The Morgan fingerprint density at radius 2 is 2.00 bits per heavy atom. The molecule has 0 aromatic heterocycles. The highest BCUT2D eigenvalue weighted by molar-refractivity contribution is 7.80. The molecule has 80 valence electrons. The minimum absolute atomic E-state index is 0.174. The molecule has 1 aromatic carbocycles. The third kappa shape index (κ3) is 2.33. The first-order valence-electron chi connectivity index (χ1n) is 3.84. The Labute approximate surface area is 90.7 Å². The molecule has 0 aliphatic heterocycles. The van der Waals surface area contributed by atoms with Crippen LogP contribution in [-0.2, 0) is 0 Å². The second kappa shape index (κ2) is 4.11. The Bertz CT molecular complexity index is 422. The van der Waals surface area contributed by atoms with Crippen molar-refractivity contribution in [3.05, 3.63) is 23.8 Å². The van der Waals surface area contributed by atoms with Gasteiger partial charge >= 0.3 is 0 Å². The van der Waals surface area contributed by atoms with E-state index in [9.17, 15) is 9.90 Å². The molecule has 0 saturated carbocycles. The number of hydrogen-bond donors (Lipinski definition) is 4. The van der Waals surface area contributed by atoms with Crippen LogP contribution in [0.1, 0.15) is 10.4 Å². The molecule has 0 unspecified atom stereocenters. The Balaban J connectivity index is 3.11. The van der Waals surface area contributed by atoms with Crippen LogP contribution in [0.5, 0.6) is 11.5 Å². The van der Waals surface area contributed by atoms with Crippen molar-refractivity contribution in [2.24, 2.45) is 11.6 Å². The monoisotopic (exact) mass is 227 g/mol. The van der Waals surface area contributed by atoms with Gasteiger partial charge in [-0.1, -0.05) is 0 Å². The molecule has 0 spiro atoms. The van der Waals surface area contributed by atoms with Crippen LogP contribution in [-0.4, -0.2) is 26.2 Å². The normalized spacial score (nSPS) is 9.67. The van der Waals surface area contributed by atoms with E-state index < -0.39 is 5.91 Å². The minimum atomic E-state index is -0.795. The first kappa shape index (κ1) is 11.2. The van der Waals surface area contributed by atoms with E-state index in [4.69, 9.17) is 16.7 Å². The maximum absolute atomic E-state index is 11.5. The summed E-state index contributed by atoms with van der Waals surface area (Å²) in [4.78, 5) is 11.5. The van der Waals surface area contributed by atoms with Gasteiger partial charge in [0.2, 0.25) is 0 Å². The van der Waals surface area contributed by atoms with Gasteiger partial charge in [-0.2, -0.15) is 0 Å². The fourth-order valence-electron chi connectivity index (χ4n) is 0.925. The second-order valence-electron chi connectivity index (χ2n) is 2.71. The van der Waals surface area contributed by atoms with Gasteiger partial charge in [-0.3, -0.25) is 4.79 Å². The third-order valence-corrected chi connectivity index (χ3v) is 1.86. The number of rotatable bonds is 1. The summed E-state index contributed by atoms with van der Waals surface area (Å²) >= 11 is 4.48. The highest BCUT2D eigenvalue weighted by atomic mass is 32.1. The van der Waals surface area contributed by atoms with Crippen molar-refractivity contribution in [1.29, 1.82) is 0 Å². The van der Waals surface area contributed by atoms with Crippen molar-refractivity contribution >= 4 is 23.2 Å². The molecule has 0 bridgehead atoms. The molecule has 1 amide bonds. The van der Waals surface area contributed by atoms with Crippen LogP contribution in [0, 0.1) is 0 Å². The van der Waals surface area contributed by atoms with Crippen LogP contribution in [0.25, 0.3) is 0 Å². The first-order valence-corrected chi connectivity index (χ1v) is 4.25. The summed E-state index contributed by atoms with van der Waals surface area (Å²) < 4.78 is 0. The van der Waals surface area contributed by atoms with Gasteiger partial charge in [-0.05, 0) is 30.4 Å². The van der Waals surface area contributed by atoms with Crippen LogP contribution < -0.4 is 11.6 Å². The number of benzene rings is 1. The number of carbonyl (C=O) groups is 1. The summed E-state index contributed by atoms with van der Waals surface area (Å²) in [5, 5.41) is 18.6. The highest BCUT2D eigenvalue weighted by Gasteiger charge is 2.18. The summed E-state index contributed by atoms with van der Waals surface area (Å²) in [6, 6.07) is 3.46. The molecular formula is C8H9N3O3S. The number of hydrogen-bond acceptors (Lipinski definition) is 5. The van der Waals surface area contributed by atoms with Crippen LogP contribution in [0.4, 0.5) is 0 Å². The van der Waals surface area contributed by atoms with Crippen LogP contribution in [0.3, 0.4) is 0 Å². The van der Waals surface area contributed by atoms with Gasteiger partial charge in [0.1, 0.15) is 11.5 Å². The molecule has 0 heterocycles. The summed E-state index contributed by atoms with van der Waals surface area (Å²) in [5.74, 6) is 3.95. The largest absolute Gasteiger partial charge is 0.508 e. The Hall–Kier alpha value is -1.86. The summed E-state index contributed by atoms with van der Waals surface area (Å²) in [6.07, 6.45) is 0. The van der Waals surface area contributed by atoms with Crippen molar-refractivity contribution in [2.45, 2.75) is 0 Å². The SMILES string of the molecule is NC(=S)N(N)C(=O)c1cc(O)ccc1O. The number of carbonyl (C=O) groups excluding carboxylic acids is 1. The van der Waals surface area contributed by atoms with E-state index >= 15 is 0 Å². The lowest BCUT2D eigenvalue weighted by Crippen LogP contribution is -2.45. The minimum Gasteiger partial charge on any atom is -0.508 e. The van der Waals surface area contributed by atoms with Crippen molar-refractivity contribution in [3.63, 3.8) is 0 Å². The van der Waals surface area contributed by atoms with E-state index in [0.29, 0.717) is 5.01 Å². The predicted octanol–water partition coefficient (Wildman–Crippen LogP) is -0.343. The Kier molecular flexibility index (Phi) is 3.08. The van der Waals surface area contributed by atoms with Crippen molar-refractivity contribution < 1.29 is 15.0 Å². The lowest BCUT2D eigenvalue weighted by Gasteiger charge is -2.14. The molecule has 0 aliphatic rings. The summed E-state index contributed by atoms with van der Waals surface area (Å²) in [5.41, 5.74) is 4.95. The first-order chi connectivity index (χ1) is 6.93. The molecule has 1 rings (SSSR count). The number of aromatic hydroxyl groups is 2. The highest BCUT2D eigenvalue weighted by Crippen LogP contribution is 2.22. The maximum atomic E-state index is 11.5. The molecule has 0 saturated heterocycles. The smallest absolute Gasteiger partial charge is 0.278 e. The van der Waals surface area contributed by atoms with Crippen LogP contribution in [0.2, 0.25) is 0 Å². The van der Waals surface area contributed by atoms with Crippen LogP contribution in [0.15, 0.2) is 18.2 Å². The standard InChI is InChI=1S/C8H9N3O3S/c9-8(15)11(10)7(14)5-3-4(12)1-2-6(5)13/h1-3,12-13H,10H2,(H2,9,15). The van der Waals surface area contributed by atoms with Crippen molar-refractivity contribution in [2.75, 3.05) is 0 Å². The van der Waals surface area contributed by atoms with Gasteiger partial charge in [0.15, 0.2) is 5.11 Å². The van der Waals surface area contributed by atoms with Gasteiger partial charge in [-0.25, -0.2) is 10.9 Å². The fourth-order valence-corrected chi connectivity index (χ4v) is 1.01. The molecule has 7 heteroatoms. The molecular weight excluding hydrogens is 218 g/mol. The molecule has 0 atom stereocenters. The van der Waals surface area contributed by atoms with E-state index in [-0.39, 0.29) is 22.2 Å². The number of amides is 1. The maximum Gasteiger partial charge on any atom is 0.278 e. The average Bonchev–Trinajstić information content (AvgIpc) is 2.19. The fraction of sp³-hybridized carbons (Fsp3) is 0. The predicted molar refractivity (Wildman–Crippen MR) is 56.9 cm³/mol. The summed E-state index contributed by atoms with van der Waals surface area (Å²) in [6.45, 7) is 0. The van der Waals surface area contributed by atoms with Gasteiger partial charge < -0.3 is 15.9 Å². The van der Waals surface area contributed by atoms with Gasteiger partial charge in [-0.15, -0.1) is 0 Å².